The first-order chi connectivity index (χ1) is 6.56. The number of hydrogen-bond donors (Lipinski definition) is 2. The van der Waals surface area contributed by atoms with Crippen molar-refractivity contribution in [2.75, 3.05) is 7.05 Å². The molecule has 0 saturated heterocycles. The van der Waals surface area contributed by atoms with E-state index in [0.29, 0.717) is 0 Å². The van der Waals surface area contributed by atoms with Crippen LogP contribution in [0.5, 0.6) is 0 Å². The molecule has 1 aromatic carbocycles. The Balaban J connectivity index is 3.12. The van der Waals surface area contributed by atoms with Crippen LogP contribution in [0.4, 0.5) is 4.39 Å². The van der Waals surface area contributed by atoms with E-state index < -0.39 is 11.8 Å². The molecular formula is C10H12FNO2. The summed E-state index contributed by atoms with van der Waals surface area (Å²) in [6, 6.07) is 4.10. The number of benzene rings is 1. The molecule has 0 heterocycles. The summed E-state index contributed by atoms with van der Waals surface area (Å²) in [5.41, 5.74) is 0.468. The molecule has 76 valence electrons. The summed E-state index contributed by atoms with van der Waals surface area (Å²) in [6.45, 7) is 1.87. The summed E-state index contributed by atoms with van der Waals surface area (Å²) in [5, 5.41) is 11.6. The van der Waals surface area contributed by atoms with Crippen molar-refractivity contribution in [3.8, 4) is 0 Å². The predicted octanol–water partition coefficient (Wildman–Crippen LogP) is 1.80. The van der Waals surface area contributed by atoms with Crippen molar-refractivity contribution in [2.24, 2.45) is 0 Å². The Morgan fingerprint density at radius 3 is 2.71 bits per heavy atom. The SMILES string of the molecule is CN[C@@H](C)c1ccc(F)c(C(=O)O)c1. The van der Waals surface area contributed by atoms with E-state index in [4.69, 9.17) is 5.11 Å². The molecule has 0 radical (unpaired) electrons. The average Bonchev–Trinajstić information content (AvgIpc) is 2.17. The number of nitrogens with one attached hydrogen (secondary N) is 1. The molecule has 1 rings (SSSR count). The lowest BCUT2D eigenvalue weighted by atomic mass is 10.0. The number of carbonyl (C=O) groups is 1. The van der Waals surface area contributed by atoms with Crippen molar-refractivity contribution in [3.05, 3.63) is 35.1 Å². The Labute approximate surface area is 81.6 Å². The van der Waals surface area contributed by atoms with Gasteiger partial charge in [0.05, 0.1) is 5.56 Å². The van der Waals surface area contributed by atoms with E-state index in [-0.39, 0.29) is 11.6 Å². The number of rotatable bonds is 3. The maximum Gasteiger partial charge on any atom is 0.338 e. The van der Waals surface area contributed by atoms with Crippen LogP contribution in [0.15, 0.2) is 18.2 Å². The van der Waals surface area contributed by atoms with Crippen LogP contribution in [-0.4, -0.2) is 18.1 Å². The lowest BCUT2D eigenvalue weighted by Crippen LogP contribution is -2.13. The molecule has 0 bridgehead atoms. The monoisotopic (exact) mass is 197 g/mol. The summed E-state index contributed by atoms with van der Waals surface area (Å²) in [5.74, 6) is -1.95. The van der Waals surface area contributed by atoms with Gasteiger partial charge in [0.1, 0.15) is 5.82 Å². The number of aromatic carboxylic acids is 1. The summed E-state index contributed by atoms with van der Waals surface area (Å²) >= 11 is 0. The Bertz CT molecular complexity index is 352. The zero-order valence-corrected chi connectivity index (χ0v) is 8.04. The van der Waals surface area contributed by atoms with E-state index in [1.54, 1.807) is 13.1 Å². The van der Waals surface area contributed by atoms with E-state index in [0.717, 1.165) is 5.56 Å². The fourth-order valence-electron chi connectivity index (χ4n) is 1.14. The van der Waals surface area contributed by atoms with Crippen LogP contribution >= 0.6 is 0 Å². The third-order valence-corrected chi connectivity index (χ3v) is 2.15. The second-order valence-electron chi connectivity index (χ2n) is 3.05. The van der Waals surface area contributed by atoms with Gasteiger partial charge in [0.2, 0.25) is 0 Å². The van der Waals surface area contributed by atoms with Crippen LogP contribution in [0.3, 0.4) is 0 Å². The normalized spacial score (nSPS) is 12.5. The molecule has 4 heteroatoms. The van der Waals surface area contributed by atoms with Crippen LogP contribution in [0.1, 0.15) is 28.9 Å². The molecule has 0 aliphatic rings. The molecule has 0 unspecified atom stereocenters. The van der Waals surface area contributed by atoms with Crippen LogP contribution in [0.25, 0.3) is 0 Å². The minimum atomic E-state index is -1.24. The molecule has 14 heavy (non-hydrogen) atoms. The number of halogens is 1. The van der Waals surface area contributed by atoms with Gasteiger partial charge in [-0.05, 0) is 31.7 Å². The van der Waals surface area contributed by atoms with Gasteiger partial charge in [0.25, 0.3) is 0 Å². The second kappa shape index (κ2) is 4.19. The van der Waals surface area contributed by atoms with Crippen LogP contribution in [0, 0.1) is 5.82 Å². The van der Waals surface area contributed by atoms with E-state index >= 15 is 0 Å². The van der Waals surface area contributed by atoms with Crippen molar-refractivity contribution < 1.29 is 14.3 Å². The lowest BCUT2D eigenvalue weighted by Gasteiger charge is -2.11. The maximum atomic E-state index is 13.0. The highest BCUT2D eigenvalue weighted by Gasteiger charge is 2.12. The van der Waals surface area contributed by atoms with Crippen molar-refractivity contribution in [1.82, 2.24) is 5.32 Å². The third-order valence-electron chi connectivity index (χ3n) is 2.15. The first-order valence-corrected chi connectivity index (χ1v) is 4.26. The first kappa shape index (κ1) is 10.7. The quantitative estimate of drug-likeness (QED) is 0.776. The fourth-order valence-corrected chi connectivity index (χ4v) is 1.14. The largest absolute Gasteiger partial charge is 0.478 e. The Morgan fingerprint density at radius 2 is 2.21 bits per heavy atom. The van der Waals surface area contributed by atoms with Crippen molar-refractivity contribution in [2.45, 2.75) is 13.0 Å². The summed E-state index contributed by atoms with van der Waals surface area (Å²) in [7, 11) is 1.76. The summed E-state index contributed by atoms with van der Waals surface area (Å²) in [6.07, 6.45) is 0. The van der Waals surface area contributed by atoms with Gasteiger partial charge in [-0.25, -0.2) is 9.18 Å². The lowest BCUT2D eigenvalue weighted by molar-refractivity contribution is 0.0691. The molecule has 0 fully saturated rings. The van der Waals surface area contributed by atoms with Gasteiger partial charge in [0, 0.05) is 6.04 Å². The molecule has 0 saturated carbocycles. The topological polar surface area (TPSA) is 49.3 Å². The van der Waals surface area contributed by atoms with Crippen molar-refractivity contribution in [3.63, 3.8) is 0 Å². The van der Waals surface area contributed by atoms with E-state index in [1.807, 2.05) is 6.92 Å². The molecule has 0 aromatic heterocycles. The minimum Gasteiger partial charge on any atom is -0.478 e. The van der Waals surface area contributed by atoms with Crippen molar-refractivity contribution >= 4 is 5.97 Å². The smallest absolute Gasteiger partial charge is 0.338 e. The van der Waals surface area contributed by atoms with Crippen LogP contribution < -0.4 is 5.32 Å². The van der Waals surface area contributed by atoms with Gasteiger partial charge in [-0.2, -0.15) is 0 Å². The van der Waals surface area contributed by atoms with Gasteiger partial charge in [-0.1, -0.05) is 6.07 Å². The van der Waals surface area contributed by atoms with Crippen LogP contribution in [0.2, 0.25) is 0 Å². The molecule has 1 aromatic rings. The molecule has 0 amide bonds. The standard InChI is InChI=1S/C10H12FNO2/c1-6(12-2)7-3-4-9(11)8(5-7)10(13)14/h3-6,12H,1-2H3,(H,13,14)/t6-/m0/s1. The Morgan fingerprint density at radius 1 is 1.57 bits per heavy atom. The zero-order chi connectivity index (χ0) is 10.7. The zero-order valence-electron chi connectivity index (χ0n) is 8.04. The average molecular weight is 197 g/mol. The highest BCUT2D eigenvalue weighted by molar-refractivity contribution is 5.88. The number of hydrogen-bond acceptors (Lipinski definition) is 2. The predicted molar refractivity (Wildman–Crippen MR) is 50.8 cm³/mol. The van der Waals surface area contributed by atoms with E-state index in [2.05, 4.69) is 5.32 Å². The van der Waals surface area contributed by atoms with Gasteiger partial charge < -0.3 is 10.4 Å². The summed E-state index contributed by atoms with van der Waals surface area (Å²) in [4.78, 5) is 10.6. The molecule has 0 aliphatic carbocycles. The van der Waals surface area contributed by atoms with Crippen LogP contribution in [-0.2, 0) is 0 Å². The Hall–Kier alpha value is -1.42. The molecule has 0 spiro atoms. The molecule has 0 aliphatic heterocycles. The molecule has 3 nitrogen and oxygen atoms in total. The maximum absolute atomic E-state index is 13.0. The van der Waals surface area contributed by atoms with Gasteiger partial charge in [-0.3, -0.25) is 0 Å². The van der Waals surface area contributed by atoms with Gasteiger partial charge in [-0.15, -0.1) is 0 Å². The molecule has 1 atom stereocenters. The van der Waals surface area contributed by atoms with Crippen molar-refractivity contribution in [1.29, 1.82) is 0 Å². The van der Waals surface area contributed by atoms with Gasteiger partial charge >= 0.3 is 5.97 Å². The second-order valence-corrected chi connectivity index (χ2v) is 3.05. The highest BCUT2D eigenvalue weighted by atomic mass is 19.1. The first-order valence-electron chi connectivity index (χ1n) is 4.26. The third kappa shape index (κ3) is 2.09. The number of carboxylic acid groups (broad SMARTS) is 1. The number of carboxylic acids is 1. The fraction of sp³-hybridized carbons (Fsp3) is 0.300. The molecule has 2 N–H and O–H groups in total. The van der Waals surface area contributed by atoms with E-state index in [1.165, 1.54) is 12.1 Å². The Kier molecular flexibility index (Phi) is 3.19. The molecular weight excluding hydrogens is 185 g/mol. The highest BCUT2D eigenvalue weighted by Crippen LogP contribution is 2.16. The van der Waals surface area contributed by atoms with E-state index in [9.17, 15) is 9.18 Å². The summed E-state index contributed by atoms with van der Waals surface area (Å²) < 4.78 is 13.0. The van der Waals surface area contributed by atoms with Gasteiger partial charge in [0.15, 0.2) is 0 Å². The minimum absolute atomic E-state index is 0.00806.